The van der Waals surface area contributed by atoms with Crippen LogP contribution in [0.2, 0.25) is 0 Å². The van der Waals surface area contributed by atoms with Gasteiger partial charge < -0.3 is 24.4 Å². The molecule has 204 valence electrons. The molecular formula is C32H37N3O4. The second kappa shape index (κ2) is 11.4. The number of allylic oxidation sites excluding steroid dienone is 1. The number of aryl methyl sites for hydroxylation is 1. The molecule has 7 heteroatoms. The van der Waals surface area contributed by atoms with E-state index in [4.69, 9.17) is 9.47 Å². The van der Waals surface area contributed by atoms with E-state index in [0.717, 1.165) is 61.8 Å². The zero-order valence-corrected chi connectivity index (χ0v) is 23.2. The maximum Gasteiger partial charge on any atom is 0.232 e. The average Bonchev–Trinajstić information content (AvgIpc) is 3.29. The molecular weight excluding hydrogens is 490 g/mol. The van der Waals surface area contributed by atoms with Crippen LogP contribution >= 0.6 is 0 Å². The number of nitrogens with zero attached hydrogens (tertiary/aromatic N) is 3. The summed E-state index contributed by atoms with van der Waals surface area (Å²) in [5.74, 6) is 1.66. The van der Waals surface area contributed by atoms with Crippen molar-refractivity contribution in [1.82, 2.24) is 4.90 Å². The molecule has 2 heterocycles. The van der Waals surface area contributed by atoms with Crippen molar-refractivity contribution < 1.29 is 19.4 Å². The van der Waals surface area contributed by atoms with Crippen LogP contribution in [0, 0.1) is 6.92 Å². The molecule has 3 aromatic carbocycles. The minimum atomic E-state index is -0.138. The minimum Gasteiger partial charge on any atom is -0.507 e. The third-order valence-corrected chi connectivity index (χ3v) is 7.73. The van der Waals surface area contributed by atoms with Crippen LogP contribution in [0.25, 0.3) is 6.08 Å². The second-order valence-electron chi connectivity index (χ2n) is 10.1. The Morgan fingerprint density at radius 2 is 1.67 bits per heavy atom. The maximum absolute atomic E-state index is 13.4. The molecule has 39 heavy (non-hydrogen) atoms. The summed E-state index contributed by atoms with van der Waals surface area (Å²) >= 11 is 0. The van der Waals surface area contributed by atoms with E-state index in [1.54, 1.807) is 19.3 Å². The number of aromatic hydroxyl groups is 1. The summed E-state index contributed by atoms with van der Waals surface area (Å²) in [5, 5.41) is 10.9. The SMILES string of the molecule is CCN(CC)c1ccc(/C=C2/Oc3c(CN4CCN(c5ccc(OC)cc5)CC4)c(O)cc(C)c3C2=O)cc1. The van der Waals surface area contributed by atoms with Crippen molar-refractivity contribution in [2.75, 3.05) is 56.2 Å². The van der Waals surface area contributed by atoms with Gasteiger partial charge in [-0.2, -0.15) is 0 Å². The lowest BCUT2D eigenvalue weighted by Crippen LogP contribution is -2.46. The van der Waals surface area contributed by atoms with Crippen molar-refractivity contribution in [2.24, 2.45) is 0 Å². The number of hydrogen-bond donors (Lipinski definition) is 1. The van der Waals surface area contributed by atoms with Crippen LogP contribution in [0.3, 0.4) is 0 Å². The first-order valence-corrected chi connectivity index (χ1v) is 13.7. The van der Waals surface area contributed by atoms with Crippen LogP contribution in [0.15, 0.2) is 60.4 Å². The Hall–Kier alpha value is -3.97. The molecule has 0 spiro atoms. The van der Waals surface area contributed by atoms with Crippen LogP contribution in [-0.4, -0.2) is 62.2 Å². The van der Waals surface area contributed by atoms with Crippen molar-refractivity contribution >= 4 is 23.2 Å². The number of phenols is 1. The van der Waals surface area contributed by atoms with Crippen LogP contribution in [-0.2, 0) is 6.54 Å². The van der Waals surface area contributed by atoms with E-state index in [1.165, 1.54) is 5.69 Å². The van der Waals surface area contributed by atoms with Gasteiger partial charge in [-0.3, -0.25) is 9.69 Å². The molecule has 0 saturated carbocycles. The van der Waals surface area contributed by atoms with E-state index < -0.39 is 0 Å². The predicted molar refractivity (Wildman–Crippen MR) is 156 cm³/mol. The summed E-state index contributed by atoms with van der Waals surface area (Å²) in [6, 6.07) is 18.0. The minimum absolute atomic E-state index is 0.138. The summed E-state index contributed by atoms with van der Waals surface area (Å²) in [5.41, 5.74) is 5.16. The van der Waals surface area contributed by atoms with Crippen LogP contribution in [0.4, 0.5) is 11.4 Å². The summed E-state index contributed by atoms with van der Waals surface area (Å²) in [7, 11) is 1.67. The fraction of sp³-hybridized carbons (Fsp3) is 0.344. The third kappa shape index (κ3) is 5.45. The lowest BCUT2D eigenvalue weighted by Gasteiger charge is -2.36. The third-order valence-electron chi connectivity index (χ3n) is 7.73. The fourth-order valence-electron chi connectivity index (χ4n) is 5.44. The van der Waals surface area contributed by atoms with Gasteiger partial charge >= 0.3 is 0 Å². The lowest BCUT2D eigenvalue weighted by molar-refractivity contribution is 0.101. The van der Waals surface area contributed by atoms with Gasteiger partial charge in [0, 0.05) is 57.2 Å². The van der Waals surface area contributed by atoms with Crippen molar-refractivity contribution in [3.63, 3.8) is 0 Å². The number of ketones is 1. The van der Waals surface area contributed by atoms with Crippen molar-refractivity contribution in [2.45, 2.75) is 27.3 Å². The monoisotopic (exact) mass is 527 g/mol. The molecule has 1 saturated heterocycles. The first kappa shape index (κ1) is 26.6. The highest BCUT2D eigenvalue weighted by atomic mass is 16.5. The molecule has 0 unspecified atom stereocenters. The average molecular weight is 528 g/mol. The Morgan fingerprint density at radius 1 is 1.00 bits per heavy atom. The lowest BCUT2D eigenvalue weighted by atomic mass is 9.99. The Kier molecular flexibility index (Phi) is 7.79. The van der Waals surface area contributed by atoms with Crippen LogP contribution < -0.4 is 19.3 Å². The molecule has 2 aliphatic rings. The van der Waals surface area contributed by atoms with Gasteiger partial charge in [0.25, 0.3) is 0 Å². The topological polar surface area (TPSA) is 65.5 Å². The van der Waals surface area contributed by atoms with E-state index >= 15 is 0 Å². The van der Waals surface area contributed by atoms with Crippen molar-refractivity contribution in [1.29, 1.82) is 0 Å². The van der Waals surface area contributed by atoms with Gasteiger partial charge in [0.1, 0.15) is 17.2 Å². The first-order valence-electron chi connectivity index (χ1n) is 13.7. The number of rotatable bonds is 8. The number of carbonyl (C=O) groups excluding carboxylic acids is 1. The van der Waals surface area contributed by atoms with E-state index in [0.29, 0.717) is 29.2 Å². The number of anilines is 2. The van der Waals surface area contributed by atoms with Gasteiger partial charge in [0.05, 0.1) is 18.2 Å². The van der Waals surface area contributed by atoms with E-state index in [-0.39, 0.29) is 11.5 Å². The molecule has 5 rings (SSSR count). The van der Waals surface area contributed by atoms with Crippen LogP contribution in [0.1, 0.15) is 40.9 Å². The first-order chi connectivity index (χ1) is 18.9. The number of carbonyl (C=O) groups is 1. The Labute approximate surface area is 230 Å². The highest BCUT2D eigenvalue weighted by molar-refractivity contribution is 6.15. The summed E-state index contributed by atoms with van der Waals surface area (Å²) in [4.78, 5) is 20.3. The van der Waals surface area contributed by atoms with Gasteiger partial charge in [-0.05, 0) is 80.4 Å². The Balaban J connectivity index is 1.31. The van der Waals surface area contributed by atoms with E-state index in [1.807, 2.05) is 31.2 Å². The fourth-order valence-corrected chi connectivity index (χ4v) is 5.44. The van der Waals surface area contributed by atoms with E-state index in [2.05, 4.69) is 52.8 Å². The zero-order chi connectivity index (χ0) is 27.5. The second-order valence-corrected chi connectivity index (χ2v) is 10.1. The molecule has 2 aliphatic heterocycles. The molecule has 0 radical (unpaired) electrons. The number of benzene rings is 3. The summed E-state index contributed by atoms with van der Waals surface area (Å²) in [6.45, 7) is 11.9. The molecule has 0 aromatic heterocycles. The molecule has 0 amide bonds. The number of ether oxygens (including phenoxy) is 2. The largest absolute Gasteiger partial charge is 0.507 e. The molecule has 3 aromatic rings. The van der Waals surface area contributed by atoms with Gasteiger partial charge in [-0.25, -0.2) is 0 Å². The molecule has 0 aliphatic carbocycles. The Bertz CT molecular complexity index is 1350. The number of piperazine rings is 1. The van der Waals surface area contributed by atoms with Gasteiger partial charge in [-0.1, -0.05) is 12.1 Å². The van der Waals surface area contributed by atoms with Gasteiger partial charge in [-0.15, -0.1) is 0 Å². The number of phenolic OH excluding ortho intramolecular Hbond substituents is 1. The molecule has 1 N–H and O–H groups in total. The van der Waals surface area contributed by atoms with Crippen LogP contribution in [0.5, 0.6) is 17.2 Å². The highest BCUT2D eigenvalue weighted by Gasteiger charge is 2.34. The van der Waals surface area contributed by atoms with Crippen molar-refractivity contribution in [3.05, 3.63) is 82.6 Å². The van der Waals surface area contributed by atoms with Crippen molar-refractivity contribution in [3.8, 4) is 17.2 Å². The Morgan fingerprint density at radius 3 is 2.28 bits per heavy atom. The normalized spacial score (nSPS) is 16.4. The van der Waals surface area contributed by atoms with E-state index in [9.17, 15) is 9.90 Å². The summed E-state index contributed by atoms with van der Waals surface area (Å²) in [6.07, 6.45) is 1.79. The maximum atomic E-state index is 13.4. The molecule has 1 fully saturated rings. The molecule has 7 nitrogen and oxygen atoms in total. The quantitative estimate of drug-likeness (QED) is 0.389. The smallest absolute Gasteiger partial charge is 0.232 e. The number of fused-ring (bicyclic) bond motifs is 1. The molecule has 0 bridgehead atoms. The van der Waals surface area contributed by atoms with Gasteiger partial charge in [0.15, 0.2) is 5.76 Å². The standard InChI is InChI=1S/C32H37N3O4/c1-5-34(6-2)24-9-7-23(8-10-24)20-29-31(37)30-22(3)19-28(36)27(32(30)39-29)21-33-15-17-35(18-16-33)25-11-13-26(38-4)14-12-25/h7-14,19-20,36H,5-6,15-18,21H2,1-4H3/b29-20+. The van der Waals surface area contributed by atoms with Gasteiger partial charge in [0.2, 0.25) is 5.78 Å². The number of methoxy groups -OCH3 is 1. The number of hydrogen-bond acceptors (Lipinski definition) is 7. The summed E-state index contributed by atoms with van der Waals surface area (Å²) < 4.78 is 11.5. The highest BCUT2D eigenvalue weighted by Crippen LogP contribution is 2.42. The predicted octanol–water partition coefficient (Wildman–Crippen LogP) is 5.49. The number of Topliss-reactive ketones (excluding diaryl/α,β-unsaturated/α-hetero) is 1. The molecule has 0 atom stereocenters. The zero-order valence-electron chi connectivity index (χ0n) is 23.2.